The molecule has 1 unspecified atom stereocenters. The minimum atomic E-state index is -1.48. The van der Waals surface area contributed by atoms with Crippen molar-refractivity contribution >= 4 is 5.91 Å². The van der Waals surface area contributed by atoms with Crippen LogP contribution in [0.5, 0.6) is 0 Å². The molecule has 27 heavy (non-hydrogen) atoms. The van der Waals surface area contributed by atoms with E-state index < -0.39 is 11.4 Å². The first-order chi connectivity index (χ1) is 12.8. The topological polar surface area (TPSA) is 60.8 Å². The van der Waals surface area contributed by atoms with Crippen LogP contribution in [-0.4, -0.2) is 40.2 Å². The molecular weight excluding hydrogens is 345 g/mol. The fraction of sp³-hybridized carbons (Fsp3) is 0.318. The van der Waals surface area contributed by atoms with Crippen molar-refractivity contribution in [1.29, 1.82) is 0 Å². The smallest absolute Gasteiger partial charge is 0.253 e. The van der Waals surface area contributed by atoms with E-state index in [-0.39, 0.29) is 12.0 Å². The number of carbonyl (C=O) groups excluding carboxylic acids is 1. The summed E-state index contributed by atoms with van der Waals surface area (Å²) >= 11 is 0. The summed E-state index contributed by atoms with van der Waals surface area (Å²) in [5.74, 6) is 5.14. The van der Waals surface area contributed by atoms with Crippen molar-refractivity contribution < 1.29 is 19.4 Å². The predicted molar refractivity (Wildman–Crippen MR) is 100 cm³/mol. The fourth-order valence-corrected chi connectivity index (χ4v) is 3.00. The van der Waals surface area contributed by atoms with E-state index in [1.807, 2.05) is 0 Å². The highest BCUT2D eigenvalue weighted by molar-refractivity contribution is 5.94. The van der Waals surface area contributed by atoms with Gasteiger partial charge in [0, 0.05) is 24.2 Å². The Morgan fingerprint density at radius 2 is 1.85 bits per heavy atom. The maximum absolute atomic E-state index is 13.3. The van der Waals surface area contributed by atoms with Crippen LogP contribution in [0.25, 0.3) is 0 Å². The molecule has 1 fully saturated rings. The van der Waals surface area contributed by atoms with Gasteiger partial charge >= 0.3 is 0 Å². The lowest BCUT2D eigenvalue weighted by Gasteiger charge is -2.29. The van der Waals surface area contributed by atoms with Crippen molar-refractivity contribution in [1.82, 2.24) is 4.90 Å². The van der Waals surface area contributed by atoms with Gasteiger partial charge in [-0.05, 0) is 61.7 Å². The minimum Gasteiger partial charge on any atom is -0.393 e. The minimum absolute atomic E-state index is 0.0619. The van der Waals surface area contributed by atoms with Crippen molar-refractivity contribution in [2.75, 3.05) is 13.1 Å². The van der Waals surface area contributed by atoms with Gasteiger partial charge in [-0.1, -0.05) is 24.0 Å². The maximum atomic E-state index is 13.3. The first-order valence-electron chi connectivity index (χ1n) is 8.94. The molecule has 3 rings (SSSR count). The summed E-state index contributed by atoms with van der Waals surface area (Å²) < 4.78 is 13.3. The number of hydrogen-bond donors (Lipinski definition) is 2. The molecule has 1 atom stereocenters. The molecule has 2 aromatic carbocycles. The lowest BCUT2D eigenvalue weighted by molar-refractivity contribution is 0.0546. The maximum Gasteiger partial charge on any atom is 0.253 e. The highest BCUT2D eigenvalue weighted by atomic mass is 19.1. The third-order valence-corrected chi connectivity index (χ3v) is 4.72. The molecule has 0 spiro atoms. The molecule has 0 aromatic heterocycles. The van der Waals surface area contributed by atoms with E-state index in [2.05, 4.69) is 11.8 Å². The number of nitrogens with zero attached hydrogens (tertiary/aromatic N) is 1. The average molecular weight is 367 g/mol. The fourth-order valence-electron chi connectivity index (χ4n) is 3.00. The molecule has 1 heterocycles. The molecule has 2 N–H and O–H groups in total. The SMILES string of the molecule is CC(O)(C#Cc1ccc(C(=O)N2CCC(O)CC2)cc1)c1cccc(F)c1. The largest absolute Gasteiger partial charge is 0.393 e. The van der Waals surface area contributed by atoms with E-state index in [0.29, 0.717) is 42.6 Å². The standard InChI is InChI=1S/C22H22FNO3/c1-22(27,18-3-2-4-19(23)15-18)12-9-16-5-7-17(8-6-16)21(26)24-13-10-20(25)11-14-24/h2-8,15,20,25,27H,10-11,13-14H2,1H3. The summed E-state index contributed by atoms with van der Waals surface area (Å²) in [7, 11) is 0. The van der Waals surface area contributed by atoms with Gasteiger partial charge in [-0.3, -0.25) is 4.79 Å². The van der Waals surface area contributed by atoms with Gasteiger partial charge in [-0.2, -0.15) is 0 Å². The number of piperidine rings is 1. The molecule has 0 radical (unpaired) electrons. The Balaban J connectivity index is 1.71. The van der Waals surface area contributed by atoms with Gasteiger partial charge in [-0.15, -0.1) is 0 Å². The van der Waals surface area contributed by atoms with Crippen molar-refractivity contribution in [3.8, 4) is 11.8 Å². The van der Waals surface area contributed by atoms with Crippen LogP contribution in [-0.2, 0) is 5.60 Å². The van der Waals surface area contributed by atoms with Crippen LogP contribution in [0.4, 0.5) is 4.39 Å². The van der Waals surface area contributed by atoms with Crippen LogP contribution in [0.1, 0.15) is 41.3 Å². The average Bonchev–Trinajstić information content (AvgIpc) is 2.67. The highest BCUT2D eigenvalue weighted by Gasteiger charge is 2.22. The van der Waals surface area contributed by atoms with Crippen LogP contribution in [0, 0.1) is 17.7 Å². The van der Waals surface area contributed by atoms with E-state index >= 15 is 0 Å². The van der Waals surface area contributed by atoms with Gasteiger partial charge < -0.3 is 15.1 Å². The Hall–Kier alpha value is -2.68. The summed E-state index contributed by atoms with van der Waals surface area (Å²) in [5, 5.41) is 20.0. The van der Waals surface area contributed by atoms with Gasteiger partial charge in [0.15, 0.2) is 0 Å². The molecule has 0 aliphatic carbocycles. The molecule has 0 saturated carbocycles. The molecular formula is C22H22FNO3. The second kappa shape index (κ2) is 7.91. The van der Waals surface area contributed by atoms with Crippen molar-refractivity contribution in [3.63, 3.8) is 0 Å². The van der Waals surface area contributed by atoms with E-state index in [0.717, 1.165) is 0 Å². The molecule has 0 bridgehead atoms. The van der Waals surface area contributed by atoms with Gasteiger partial charge in [0.2, 0.25) is 0 Å². The molecule has 2 aromatic rings. The van der Waals surface area contributed by atoms with E-state index in [4.69, 9.17) is 0 Å². The summed E-state index contributed by atoms with van der Waals surface area (Å²) in [6.45, 7) is 2.62. The number of aliphatic hydroxyl groups is 2. The number of benzene rings is 2. The predicted octanol–water partition coefficient (Wildman–Crippen LogP) is 2.68. The van der Waals surface area contributed by atoms with Gasteiger partial charge in [0.1, 0.15) is 11.4 Å². The lowest BCUT2D eigenvalue weighted by Crippen LogP contribution is -2.40. The summed E-state index contributed by atoms with van der Waals surface area (Å²) in [6, 6.07) is 12.6. The number of aliphatic hydroxyl groups excluding tert-OH is 1. The molecule has 1 aliphatic heterocycles. The zero-order valence-corrected chi connectivity index (χ0v) is 15.2. The first kappa shape index (κ1) is 19.1. The van der Waals surface area contributed by atoms with Gasteiger partial charge in [0.25, 0.3) is 5.91 Å². The highest BCUT2D eigenvalue weighted by Crippen LogP contribution is 2.20. The zero-order chi connectivity index (χ0) is 19.4. The van der Waals surface area contributed by atoms with E-state index in [1.54, 1.807) is 35.2 Å². The number of amides is 1. The zero-order valence-electron chi connectivity index (χ0n) is 15.2. The number of hydrogen-bond acceptors (Lipinski definition) is 3. The van der Waals surface area contributed by atoms with Crippen molar-refractivity contribution in [3.05, 3.63) is 71.0 Å². The number of carbonyl (C=O) groups is 1. The van der Waals surface area contributed by atoms with Crippen molar-refractivity contribution in [2.45, 2.75) is 31.5 Å². The Labute approximate surface area is 158 Å². The van der Waals surface area contributed by atoms with Crippen LogP contribution in [0.2, 0.25) is 0 Å². The Morgan fingerprint density at radius 3 is 2.48 bits per heavy atom. The third-order valence-electron chi connectivity index (χ3n) is 4.72. The monoisotopic (exact) mass is 367 g/mol. The second-order valence-corrected chi connectivity index (χ2v) is 6.93. The number of rotatable bonds is 2. The molecule has 5 heteroatoms. The van der Waals surface area contributed by atoms with Crippen LogP contribution in [0.3, 0.4) is 0 Å². The normalized spacial score (nSPS) is 17.0. The molecule has 1 amide bonds. The van der Waals surface area contributed by atoms with Crippen LogP contribution >= 0.6 is 0 Å². The molecule has 1 saturated heterocycles. The lowest BCUT2D eigenvalue weighted by atomic mass is 9.96. The summed E-state index contributed by atoms with van der Waals surface area (Å²) in [6.07, 6.45) is 0.882. The number of halogens is 1. The molecule has 140 valence electrons. The van der Waals surface area contributed by atoms with Crippen LogP contribution in [0.15, 0.2) is 48.5 Å². The number of likely N-dealkylation sites (tertiary alicyclic amines) is 1. The quantitative estimate of drug-likeness (QED) is 0.803. The summed E-state index contributed by atoms with van der Waals surface area (Å²) in [4.78, 5) is 14.2. The molecule has 1 aliphatic rings. The van der Waals surface area contributed by atoms with Crippen molar-refractivity contribution in [2.24, 2.45) is 0 Å². The Morgan fingerprint density at radius 1 is 1.19 bits per heavy atom. The third kappa shape index (κ3) is 4.73. The van der Waals surface area contributed by atoms with E-state index in [9.17, 15) is 19.4 Å². The Kier molecular flexibility index (Phi) is 5.59. The van der Waals surface area contributed by atoms with Gasteiger partial charge in [-0.25, -0.2) is 4.39 Å². The molecule has 4 nitrogen and oxygen atoms in total. The van der Waals surface area contributed by atoms with Crippen LogP contribution < -0.4 is 0 Å². The second-order valence-electron chi connectivity index (χ2n) is 6.93. The van der Waals surface area contributed by atoms with E-state index in [1.165, 1.54) is 25.1 Å². The first-order valence-corrected chi connectivity index (χ1v) is 8.94. The van der Waals surface area contributed by atoms with Gasteiger partial charge in [0.05, 0.1) is 6.10 Å². The Bertz CT molecular complexity index is 872. The summed E-state index contributed by atoms with van der Waals surface area (Å²) in [5.41, 5.74) is 0.116.